The molecule has 0 saturated carbocycles. The number of benzene rings is 2. The number of nitrogens with zero attached hydrogens (tertiary/aromatic N) is 1. The molecule has 30 heavy (non-hydrogen) atoms. The van der Waals surface area contributed by atoms with Gasteiger partial charge in [0.05, 0.1) is 40.0 Å². The standard InChI is InChI=1S/C22H14F2N2O3S/c1-29-22(28)14-10-18(16(24)11-15(14)23)26-21(27)13-9-19(20-7-4-8-30-20)25-17-6-3-2-5-12(13)17/h2-11H,1H3,(H,26,27). The molecular formula is C22H14F2N2O3S. The number of carbonyl (C=O) groups is 2. The van der Waals surface area contributed by atoms with Gasteiger partial charge in [-0.3, -0.25) is 4.79 Å². The number of carbonyl (C=O) groups excluding carboxylic acids is 2. The number of para-hydroxylation sites is 1. The van der Waals surface area contributed by atoms with Crippen molar-refractivity contribution in [1.82, 2.24) is 4.98 Å². The lowest BCUT2D eigenvalue weighted by atomic mass is 10.1. The molecule has 0 spiro atoms. The van der Waals surface area contributed by atoms with Crippen LogP contribution in [0.2, 0.25) is 0 Å². The average Bonchev–Trinajstić information content (AvgIpc) is 3.29. The molecule has 5 nitrogen and oxygen atoms in total. The van der Waals surface area contributed by atoms with Crippen molar-refractivity contribution in [2.45, 2.75) is 0 Å². The van der Waals surface area contributed by atoms with Crippen LogP contribution in [0.1, 0.15) is 20.7 Å². The van der Waals surface area contributed by atoms with Gasteiger partial charge in [-0.1, -0.05) is 24.3 Å². The number of amides is 1. The van der Waals surface area contributed by atoms with Crippen LogP contribution in [-0.2, 0) is 4.74 Å². The molecule has 2 heterocycles. The third-order valence-corrected chi connectivity index (χ3v) is 5.34. The number of halogens is 2. The zero-order valence-electron chi connectivity index (χ0n) is 15.6. The summed E-state index contributed by atoms with van der Waals surface area (Å²) < 4.78 is 32.7. The zero-order chi connectivity index (χ0) is 21.3. The fourth-order valence-corrected chi connectivity index (χ4v) is 3.70. The minimum absolute atomic E-state index is 0.271. The average molecular weight is 424 g/mol. The lowest BCUT2D eigenvalue weighted by Crippen LogP contribution is -2.15. The molecule has 1 N–H and O–H groups in total. The molecule has 0 radical (unpaired) electrons. The van der Waals surface area contributed by atoms with E-state index in [4.69, 9.17) is 0 Å². The molecule has 2 aromatic heterocycles. The Kier molecular flexibility index (Phi) is 5.24. The van der Waals surface area contributed by atoms with Gasteiger partial charge in [0.2, 0.25) is 0 Å². The molecular weight excluding hydrogens is 410 g/mol. The highest BCUT2D eigenvalue weighted by atomic mass is 32.1. The number of nitrogens with one attached hydrogen (secondary N) is 1. The lowest BCUT2D eigenvalue weighted by Gasteiger charge is -2.12. The van der Waals surface area contributed by atoms with Crippen LogP contribution in [0.25, 0.3) is 21.5 Å². The van der Waals surface area contributed by atoms with Crippen LogP contribution in [0.5, 0.6) is 0 Å². The number of methoxy groups -OCH3 is 1. The maximum atomic E-state index is 14.3. The van der Waals surface area contributed by atoms with Gasteiger partial charge >= 0.3 is 5.97 Å². The molecule has 0 aliphatic carbocycles. The van der Waals surface area contributed by atoms with Gasteiger partial charge in [-0.2, -0.15) is 0 Å². The highest BCUT2D eigenvalue weighted by Gasteiger charge is 2.20. The lowest BCUT2D eigenvalue weighted by molar-refractivity contribution is 0.0595. The predicted molar refractivity (Wildman–Crippen MR) is 111 cm³/mol. The number of fused-ring (bicyclic) bond motifs is 1. The van der Waals surface area contributed by atoms with Crippen LogP contribution < -0.4 is 5.32 Å². The Hall–Kier alpha value is -3.65. The predicted octanol–water partition coefficient (Wildman–Crippen LogP) is 5.28. The molecule has 0 aliphatic rings. The van der Waals surface area contributed by atoms with E-state index >= 15 is 0 Å². The van der Waals surface area contributed by atoms with Crippen molar-refractivity contribution in [3.8, 4) is 10.6 Å². The largest absolute Gasteiger partial charge is 0.465 e. The van der Waals surface area contributed by atoms with Gasteiger partial charge in [0.15, 0.2) is 0 Å². The number of esters is 1. The molecule has 150 valence electrons. The van der Waals surface area contributed by atoms with Gasteiger partial charge in [-0.25, -0.2) is 18.6 Å². The summed E-state index contributed by atoms with van der Waals surface area (Å²) in [5.41, 5.74) is 0.660. The summed E-state index contributed by atoms with van der Waals surface area (Å²) in [5, 5.41) is 4.90. The van der Waals surface area contributed by atoms with Crippen molar-refractivity contribution in [2.24, 2.45) is 0 Å². The van der Waals surface area contributed by atoms with E-state index < -0.39 is 29.1 Å². The Morgan fingerprint density at radius 1 is 1.00 bits per heavy atom. The molecule has 0 atom stereocenters. The molecule has 0 aliphatic heterocycles. The van der Waals surface area contributed by atoms with E-state index in [0.717, 1.165) is 18.1 Å². The fraction of sp³-hybridized carbons (Fsp3) is 0.0455. The number of thiophene rings is 1. The zero-order valence-corrected chi connectivity index (χ0v) is 16.4. The van der Waals surface area contributed by atoms with Crippen LogP contribution in [-0.4, -0.2) is 24.0 Å². The summed E-state index contributed by atoms with van der Waals surface area (Å²) in [6, 6.07) is 13.9. The molecule has 0 saturated heterocycles. The second-order valence-corrected chi connectivity index (χ2v) is 7.25. The maximum Gasteiger partial charge on any atom is 0.340 e. The van der Waals surface area contributed by atoms with Crippen molar-refractivity contribution < 1.29 is 23.1 Å². The molecule has 4 aromatic rings. The van der Waals surface area contributed by atoms with Gasteiger partial charge in [0.1, 0.15) is 11.6 Å². The summed E-state index contributed by atoms with van der Waals surface area (Å²) in [4.78, 5) is 30.2. The summed E-state index contributed by atoms with van der Waals surface area (Å²) in [7, 11) is 1.08. The number of ether oxygens (including phenoxy) is 1. The summed E-state index contributed by atoms with van der Waals surface area (Å²) in [6.07, 6.45) is 0. The van der Waals surface area contributed by atoms with Crippen LogP contribution in [0.4, 0.5) is 14.5 Å². The van der Waals surface area contributed by atoms with E-state index in [-0.39, 0.29) is 11.3 Å². The molecule has 8 heteroatoms. The number of hydrogen-bond acceptors (Lipinski definition) is 5. The Balaban J connectivity index is 1.78. The van der Waals surface area contributed by atoms with E-state index in [1.807, 2.05) is 17.5 Å². The Morgan fingerprint density at radius 2 is 1.80 bits per heavy atom. The summed E-state index contributed by atoms with van der Waals surface area (Å²) in [5.74, 6) is -3.68. The van der Waals surface area contributed by atoms with Crippen LogP contribution in [0.15, 0.2) is 60.0 Å². The van der Waals surface area contributed by atoms with Gasteiger partial charge in [0, 0.05) is 11.5 Å². The SMILES string of the molecule is COC(=O)c1cc(NC(=O)c2cc(-c3cccs3)nc3ccccc23)c(F)cc1F. The number of aromatic nitrogens is 1. The Bertz CT molecular complexity index is 1270. The van der Waals surface area contributed by atoms with E-state index in [2.05, 4.69) is 15.0 Å². The molecule has 0 bridgehead atoms. The topological polar surface area (TPSA) is 68.3 Å². The highest BCUT2D eigenvalue weighted by Crippen LogP contribution is 2.29. The Labute approximate surface area is 173 Å². The number of pyridine rings is 1. The first-order chi connectivity index (χ1) is 14.5. The molecule has 0 unspecified atom stereocenters. The smallest absolute Gasteiger partial charge is 0.340 e. The van der Waals surface area contributed by atoms with Crippen LogP contribution in [0.3, 0.4) is 0 Å². The highest BCUT2D eigenvalue weighted by molar-refractivity contribution is 7.13. The second kappa shape index (κ2) is 8.00. The van der Waals surface area contributed by atoms with Crippen molar-refractivity contribution in [2.75, 3.05) is 12.4 Å². The minimum atomic E-state index is -1.08. The van der Waals surface area contributed by atoms with Crippen LogP contribution in [0, 0.1) is 11.6 Å². The summed E-state index contributed by atoms with van der Waals surface area (Å²) in [6.45, 7) is 0. The summed E-state index contributed by atoms with van der Waals surface area (Å²) >= 11 is 1.47. The van der Waals surface area contributed by atoms with E-state index in [9.17, 15) is 18.4 Å². The molecule has 2 aromatic carbocycles. The van der Waals surface area contributed by atoms with Crippen molar-refractivity contribution in [3.05, 3.63) is 82.7 Å². The minimum Gasteiger partial charge on any atom is -0.465 e. The van der Waals surface area contributed by atoms with Gasteiger partial charge in [-0.15, -0.1) is 11.3 Å². The third kappa shape index (κ3) is 3.65. The van der Waals surface area contributed by atoms with Gasteiger partial charge in [-0.05, 0) is 29.6 Å². The quantitative estimate of drug-likeness (QED) is 0.453. The second-order valence-electron chi connectivity index (χ2n) is 6.31. The van der Waals surface area contributed by atoms with Crippen molar-refractivity contribution >= 4 is 39.8 Å². The number of anilines is 1. The molecule has 4 rings (SSSR count). The van der Waals surface area contributed by atoms with Crippen molar-refractivity contribution in [1.29, 1.82) is 0 Å². The monoisotopic (exact) mass is 424 g/mol. The third-order valence-electron chi connectivity index (χ3n) is 4.44. The maximum absolute atomic E-state index is 14.3. The molecule has 0 fully saturated rings. The van der Waals surface area contributed by atoms with E-state index in [1.165, 1.54) is 11.3 Å². The van der Waals surface area contributed by atoms with Gasteiger partial charge < -0.3 is 10.1 Å². The fourth-order valence-electron chi connectivity index (χ4n) is 3.01. The Morgan fingerprint density at radius 3 is 2.53 bits per heavy atom. The number of rotatable bonds is 4. The molecule has 1 amide bonds. The number of hydrogen-bond donors (Lipinski definition) is 1. The normalized spacial score (nSPS) is 10.8. The van der Waals surface area contributed by atoms with Crippen molar-refractivity contribution in [3.63, 3.8) is 0 Å². The van der Waals surface area contributed by atoms with E-state index in [0.29, 0.717) is 22.7 Å². The van der Waals surface area contributed by atoms with Crippen LogP contribution >= 0.6 is 11.3 Å². The van der Waals surface area contributed by atoms with Gasteiger partial charge in [0.25, 0.3) is 5.91 Å². The van der Waals surface area contributed by atoms with E-state index in [1.54, 1.807) is 30.3 Å². The first-order valence-electron chi connectivity index (χ1n) is 8.80. The first-order valence-corrected chi connectivity index (χ1v) is 9.68. The first kappa shape index (κ1) is 19.7.